The van der Waals surface area contributed by atoms with Crippen LogP contribution in [0.25, 0.3) is 21.1 Å². The third kappa shape index (κ3) is 2.60. The Morgan fingerprint density at radius 1 is 1.43 bits per heavy atom. The third-order valence-electron chi connectivity index (χ3n) is 6.13. The lowest BCUT2D eigenvalue weighted by Crippen LogP contribution is -2.24. The maximum absolute atomic E-state index is 15.3. The fraction of sp³-hybridized carbons (Fsp3) is 0.429. The monoisotopic (exact) mass is 428 g/mol. The van der Waals surface area contributed by atoms with E-state index in [1.54, 1.807) is 0 Å². The number of fused-ring (bicyclic) bond motifs is 2. The molecule has 30 heavy (non-hydrogen) atoms. The molecule has 1 saturated heterocycles. The normalized spacial score (nSPS) is 19.0. The highest BCUT2D eigenvalue weighted by Gasteiger charge is 2.34. The Hall–Kier alpha value is -2.83. The Morgan fingerprint density at radius 3 is 2.80 bits per heavy atom. The van der Waals surface area contributed by atoms with Crippen LogP contribution in [0.15, 0.2) is 10.9 Å². The van der Waals surface area contributed by atoms with E-state index >= 15 is 4.39 Å². The first-order valence-electron chi connectivity index (χ1n) is 9.95. The van der Waals surface area contributed by atoms with Gasteiger partial charge in [-0.3, -0.25) is 4.79 Å². The Balaban J connectivity index is 1.90. The molecule has 0 radical (unpaired) electrons. The molecule has 1 aromatic carbocycles. The Labute approximate surface area is 175 Å². The maximum atomic E-state index is 15.3. The van der Waals surface area contributed by atoms with Crippen LogP contribution in [0.4, 0.5) is 10.1 Å². The largest absolute Gasteiger partial charge is 0.505 e. The molecule has 1 aliphatic heterocycles. The SMILES string of the molecule is COc1c(N2CCC(CN)C2)c(F)cc2c(=O)c3c(O)c(C#N)sc3n(C3CC3)c12. The number of hydrogen-bond donors (Lipinski definition) is 2. The lowest BCUT2D eigenvalue weighted by Gasteiger charge is -2.24. The predicted octanol–water partition coefficient (Wildman–Crippen LogP) is 3.06. The van der Waals surface area contributed by atoms with Gasteiger partial charge in [-0.25, -0.2) is 4.39 Å². The summed E-state index contributed by atoms with van der Waals surface area (Å²) in [5, 5.41) is 20.1. The number of ether oxygens (including phenoxy) is 1. The van der Waals surface area contributed by atoms with Gasteiger partial charge >= 0.3 is 0 Å². The van der Waals surface area contributed by atoms with Crippen molar-refractivity contribution < 1.29 is 14.2 Å². The van der Waals surface area contributed by atoms with Crippen molar-refractivity contribution >= 4 is 38.1 Å². The highest BCUT2D eigenvalue weighted by Crippen LogP contribution is 2.48. The highest BCUT2D eigenvalue weighted by molar-refractivity contribution is 7.19. The average Bonchev–Trinajstić information content (AvgIpc) is 3.37. The number of aromatic nitrogens is 1. The quantitative estimate of drug-likeness (QED) is 0.662. The fourth-order valence-corrected chi connectivity index (χ4v) is 5.58. The Morgan fingerprint density at radius 2 is 2.20 bits per heavy atom. The summed E-state index contributed by atoms with van der Waals surface area (Å²) >= 11 is 1.09. The summed E-state index contributed by atoms with van der Waals surface area (Å²) in [6.45, 7) is 1.82. The molecule has 3 heterocycles. The summed E-state index contributed by atoms with van der Waals surface area (Å²) in [6, 6.07) is 3.31. The van der Waals surface area contributed by atoms with Crippen LogP contribution < -0.4 is 20.8 Å². The molecule has 156 valence electrons. The minimum Gasteiger partial charge on any atom is -0.505 e. The maximum Gasteiger partial charge on any atom is 0.202 e. The van der Waals surface area contributed by atoms with E-state index in [1.165, 1.54) is 13.2 Å². The van der Waals surface area contributed by atoms with Crippen molar-refractivity contribution in [3.05, 3.63) is 27.0 Å². The molecule has 9 heteroatoms. The number of anilines is 1. The molecule has 3 aromatic rings. The summed E-state index contributed by atoms with van der Waals surface area (Å²) in [7, 11) is 1.48. The number of thiophene rings is 1. The van der Waals surface area contributed by atoms with Crippen LogP contribution in [0.2, 0.25) is 0 Å². The zero-order valence-corrected chi connectivity index (χ0v) is 17.3. The Bertz CT molecular complexity index is 1290. The van der Waals surface area contributed by atoms with Gasteiger partial charge in [0.25, 0.3) is 0 Å². The number of nitriles is 1. The molecule has 0 bridgehead atoms. The molecule has 2 aromatic heterocycles. The minimum atomic E-state index is -0.536. The molecule has 5 rings (SSSR count). The molecule has 0 spiro atoms. The van der Waals surface area contributed by atoms with Crippen molar-refractivity contribution in [3.63, 3.8) is 0 Å². The molecule has 0 amide bonds. The van der Waals surface area contributed by atoms with Crippen molar-refractivity contribution in [2.24, 2.45) is 11.7 Å². The number of halogens is 1. The molecule has 1 unspecified atom stereocenters. The van der Waals surface area contributed by atoms with Crippen molar-refractivity contribution in [2.45, 2.75) is 25.3 Å². The first-order valence-corrected chi connectivity index (χ1v) is 10.8. The number of rotatable bonds is 4. The second-order valence-corrected chi connectivity index (χ2v) is 8.97. The summed E-state index contributed by atoms with van der Waals surface area (Å²) < 4.78 is 23.0. The highest BCUT2D eigenvalue weighted by atomic mass is 32.1. The topological polar surface area (TPSA) is 105 Å². The van der Waals surface area contributed by atoms with Gasteiger partial charge in [-0.1, -0.05) is 0 Å². The number of hydrogen-bond acceptors (Lipinski definition) is 7. The number of pyridine rings is 1. The minimum absolute atomic E-state index is 0.0783. The zero-order valence-electron chi connectivity index (χ0n) is 16.4. The molecule has 1 aliphatic carbocycles. The van der Waals surface area contributed by atoms with Gasteiger partial charge in [0.1, 0.15) is 26.9 Å². The van der Waals surface area contributed by atoms with E-state index in [-0.39, 0.29) is 33.4 Å². The van der Waals surface area contributed by atoms with E-state index in [9.17, 15) is 15.2 Å². The molecule has 1 atom stereocenters. The molecule has 2 fully saturated rings. The fourth-order valence-electron chi connectivity index (χ4n) is 4.51. The first kappa shape index (κ1) is 19.2. The predicted molar refractivity (Wildman–Crippen MR) is 114 cm³/mol. The van der Waals surface area contributed by atoms with Crippen LogP contribution in [0, 0.1) is 23.1 Å². The van der Waals surface area contributed by atoms with E-state index < -0.39 is 11.2 Å². The van der Waals surface area contributed by atoms with Crippen LogP contribution in [0.5, 0.6) is 11.5 Å². The number of aromatic hydroxyl groups is 1. The van der Waals surface area contributed by atoms with Gasteiger partial charge in [-0.15, -0.1) is 11.3 Å². The first-order chi connectivity index (χ1) is 14.5. The number of benzene rings is 1. The second kappa shape index (κ2) is 6.86. The van der Waals surface area contributed by atoms with E-state index in [0.717, 1.165) is 30.6 Å². The molecule has 1 saturated carbocycles. The lowest BCUT2D eigenvalue weighted by molar-refractivity contribution is 0.414. The number of methoxy groups -OCH3 is 1. The van der Waals surface area contributed by atoms with Crippen molar-refractivity contribution in [1.82, 2.24) is 4.57 Å². The molecular weight excluding hydrogens is 407 g/mol. The van der Waals surface area contributed by atoms with E-state index in [1.807, 2.05) is 15.5 Å². The van der Waals surface area contributed by atoms with Gasteiger partial charge in [0.15, 0.2) is 17.3 Å². The summed E-state index contributed by atoms with van der Waals surface area (Å²) in [5.41, 5.74) is 6.19. The third-order valence-corrected chi connectivity index (χ3v) is 7.21. The van der Waals surface area contributed by atoms with Gasteiger partial charge in [0.2, 0.25) is 5.43 Å². The van der Waals surface area contributed by atoms with Crippen molar-refractivity contribution in [3.8, 4) is 17.6 Å². The van der Waals surface area contributed by atoms with Gasteiger partial charge in [0.05, 0.1) is 18.0 Å². The second-order valence-electron chi connectivity index (χ2n) is 7.97. The van der Waals surface area contributed by atoms with Crippen molar-refractivity contribution in [1.29, 1.82) is 5.26 Å². The van der Waals surface area contributed by atoms with Gasteiger partial charge in [-0.05, 0) is 37.8 Å². The van der Waals surface area contributed by atoms with Gasteiger partial charge in [0, 0.05) is 19.1 Å². The van der Waals surface area contributed by atoms with Gasteiger partial charge in [-0.2, -0.15) is 5.26 Å². The van der Waals surface area contributed by atoms with Crippen LogP contribution in [0.3, 0.4) is 0 Å². The number of nitrogens with zero attached hydrogens (tertiary/aromatic N) is 3. The number of nitrogens with two attached hydrogens (primary N) is 1. The van der Waals surface area contributed by atoms with E-state index in [4.69, 9.17) is 10.5 Å². The molecule has 3 N–H and O–H groups in total. The van der Waals surface area contributed by atoms with Gasteiger partial charge < -0.3 is 25.0 Å². The standard InChI is InChI=1S/C21H21FN4O3S/c1-29-20-16-12(6-13(22)17(20)25-5-4-10(7-23)9-25)18(27)15-19(28)14(8-24)30-21(15)26(16)11-2-3-11/h6,10-11,28H,2-5,7,9,23H2,1H3. The van der Waals surface area contributed by atoms with E-state index in [0.29, 0.717) is 41.4 Å². The van der Waals surface area contributed by atoms with Crippen LogP contribution in [-0.2, 0) is 0 Å². The van der Waals surface area contributed by atoms with Crippen molar-refractivity contribution in [2.75, 3.05) is 31.6 Å². The van der Waals surface area contributed by atoms with Crippen LogP contribution >= 0.6 is 11.3 Å². The van der Waals surface area contributed by atoms with Crippen LogP contribution in [-0.4, -0.2) is 36.4 Å². The summed E-state index contributed by atoms with van der Waals surface area (Å²) in [4.78, 5) is 15.8. The van der Waals surface area contributed by atoms with Crippen LogP contribution in [0.1, 0.15) is 30.2 Å². The Kier molecular flexibility index (Phi) is 4.38. The molecular formula is C21H21FN4O3S. The molecule has 2 aliphatic rings. The summed E-state index contributed by atoms with van der Waals surface area (Å²) in [6.07, 6.45) is 2.68. The summed E-state index contributed by atoms with van der Waals surface area (Å²) in [5.74, 6) is -0.260. The van der Waals surface area contributed by atoms with E-state index in [2.05, 4.69) is 0 Å². The smallest absolute Gasteiger partial charge is 0.202 e. The average molecular weight is 428 g/mol. The lowest BCUT2D eigenvalue weighted by atomic mass is 10.1. The molecule has 7 nitrogen and oxygen atoms in total. The zero-order chi connectivity index (χ0) is 21.2.